The van der Waals surface area contributed by atoms with E-state index >= 15 is 0 Å². The molecule has 0 aromatic heterocycles. The summed E-state index contributed by atoms with van der Waals surface area (Å²) >= 11 is 0. The van der Waals surface area contributed by atoms with Crippen molar-refractivity contribution in [2.75, 3.05) is 20.4 Å². The van der Waals surface area contributed by atoms with E-state index in [0.29, 0.717) is 5.75 Å². The average molecular weight is 253 g/mol. The number of rotatable bonds is 2. The summed E-state index contributed by atoms with van der Waals surface area (Å²) in [6.45, 7) is 1.01. The van der Waals surface area contributed by atoms with Crippen LogP contribution in [0.25, 0.3) is 0 Å². The van der Waals surface area contributed by atoms with Crippen LogP contribution in [-0.2, 0) is 0 Å². The number of benzene rings is 1. The van der Waals surface area contributed by atoms with Gasteiger partial charge >= 0.3 is 0 Å². The molecule has 0 radical (unpaired) electrons. The Morgan fingerprint density at radius 1 is 1.39 bits per heavy atom. The Morgan fingerprint density at radius 3 is 3.00 bits per heavy atom. The third-order valence-electron chi connectivity index (χ3n) is 3.48. The predicted octanol–water partition coefficient (Wildman–Crippen LogP) is 2.38. The number of methoxy groups -OCH3 is 1. The summed E-state index contributed by atoms with van der Waals surface area (Å²) < 4.78 is 29.8. The molecule has 0 amide bonds. The molecule has 5 heteroatoms. The number of halogens is 1. The van der Waals surface area contributed by atoms with Crippen molar-refractivity contribution in [1.29, 1.82) is 0 Å². The van der Waals surface area contributed by atoms with Gasteiger partial charge in [0, 0.05) is 11.6 Å². The van der Waals surface area contributed by atoms with Gasteiger partial charge in [-0.25, -0.2) is 0 Å². The van der Waals surface area contributed by atoms with Gasteiger partial charge in [-0.15, -0.1) is 0 Å². The normalized spacial score (nSPS) is 22.0. The second kappa shape index (κ2) is 4.65. The number of fused-ring (bicyclic) bond motifs is 1. The minimum Gasteiger partial charge on any atom is -0.493 e. The largest absolute Gasteiger partial charge is 0.493 e. The molecule has 1 fully saturated rings. The Labute approximate surface area is 105 Å². The summed E-state index contributed by atoms with van der Waals surface area (Å²) in [6, 6.07) is 1.95. The maximum atomic E-state index is 14.2. The van der Waals surface area contributed by atoms with E-state index in [-0.39, 0.29) is 24.3 Å². The Balaban J connectivity index is 2.04. The molecular formula is C13H16FNO3. The van der Waals surface area contributed by atoms with Gasteiger partial charge in [0.1, 0.15) is 0 Å². The number of ether oxygens (including phenoxy) is 3. The summed E-state index contributed by atoms with van der Waals surface area (Å²) in [5.74, 6) is 0.426. The Kier molecular flexibility index (Phi) is 2.99. The van der Waals surface area contributed by atoms with Crippen LogP contribution in [0.4, 0.5) is 4.39 Å². The number of nitrogens with one attached hydrogen (secondary N) is 1. The van der Waals surface area contributed by atoms with Crippen molar-refractivity contribution < 1.29 is 18.6 Å². The number of piperidine rings is 1. The van der Waals surface area contributed by atoms with E-state index in [0.717, 1.165) is 31.4 Å². The van der Waals surface area contributed by atoms with Crippen LogP contribution in [0, 0.1) is 5.82 Å². The SMILES string of the molecule is COc1c(C2CCCCN2)cc2c(c1F)OCO2. The lowest BCUT2D eigenvalue weighted by atomic mass is 9.96. The van der Waals surface area contributed by atoms with Crippen molar-refractivity contribution in [3.8, 4) is 17.2 Å². The quantitative estimate of drug-likeness (QED) is 0.878. The van der Waals surface area contributed by atoms with Crippen LogP contribution in [0.3, 0.4) is 0 Å². The van der Waals surface area contributed by atoms with E-state index in [1.165, 1.54) is 7.11 Å². The smallest absolute Gasteiger partial charge is 0.231 e. The van der Waals surface area contributed by atoms with Gasteiger partial charge < -0.3 is 19.5 Å². The molecule has 0 saturated carbocycles. The van der Waals surface area contributed by atoms with Gasteiger partial charge in [0.25, 0.3) is 0 Å². The van der Waals surface area contributed by atoms with Crippen LogP contribution in [0.1, 0.15) is 30.9 Å². The predicted molar refractivity (Wildman–Crippen MR) is 63.7 cm³/mol. The van der Waals surface area contributed by atoms with E-state index in [4.69, 9.17) is 14.2 Å². The molecule has 0 spiro atoms. The van der Waals surface area contributed by atoms with E-state index in [1.54, 1.807) is 0 Å². The van der Waals surface area contributed by atoms with Gasteiger partial charge in [0.05, 0.1) is 7.11 Å². The molecule has 98 valence electrons. The summed E-state index contributed by atoms with van der Waals surface area (Å²) in [6.07, 6.45) is 3.28. The summed E-state index contributed by atoms with van der Waals surface area (Å²) in [7, 11) is 1.48. The zero-order chi connectivity index (χ0) is 12.5. The zero-order valence-electron chi connectivity index (χ0n) is 10.3. The first-order valence-electron chi connectivity index (χ1n) is 6.20. The molecule has 1 aromatic carbocycles. The first-order valence-corrected chi connectivity index (χ1v) is 6.20. The Bertz CT molecular complexity index is 458. The molecule has 1 N–H and O–H groups in total. The fourth-order valence-electron chi connectivity index (χ4n) is 2.59. The Hall–Kier alpha value is -1.49. The van der Waals surface area contributed by atoms with E-state index in [2.05, 4.69) is 5.32 Å². The average Bonchev–Trinajstić information content (AvgIpc) is 2.88. The molecule has 3 rings (SSSR count). The molecular weight excluding hydrogens is 237 g/mol. The van der Waals surface area contributed by atoms with E-state index in [9.17, 15) is 4.39 Å². The van der Waals surface area contributed by atoms with Crippen molar-refractivity contribution in [1.82, 2.24) is 5.32 Å². The van der Waals surface area contributed by atoms with Crippen molar-refractivity contribution >= 4 is 0 Å². The molecule has 0 aliphatic carbocycles. The molecule has 0 bridgehead atoms. The maximum Gasteiger partial charge on any atom is 0.231 e. The first kappa shape index (κ1) is 11.6. The molecule has 2 aliphatic rings. The zero-order valence-corrected chi connectivity index (χ0v) is 10.3. The Morgan fingerprint density at radius 2 is 2.28 bits per heavy atom. The lowest BCUT2D eigenvalue weighted by Crippen LogP contribution is -2.27. The highest BCUT2D eigenvalue weighted by molar-refractivity contribution is 5.54. The lowest BCUT2D eigenvalue weighted by molar-refractivity contribution is 0.170. The lowest BCUT2D eigenvalue weighted by Gasteiger charge is -2.25. The summed E-state index contributed by atoms with van der Waals surface area (Å²) in [5, 5.41) is 3.39. The minimum atomic E-state index is -0.463. The van der Waals surface area contributed by atoms with E-state index < -0.39 is 5.82 Å². The fraction of sp³-hybridized carbons (Fsp3) is 0.538. The highest BCUT2D eigenvalue weighted by Gasteiger charge is 2.29. The molecule has 4 nitrogen and oxygen atoms in total. The highest BCUT2D eigenvalue weighted by Crippen LogP contribution is 2.44. The standard InChI is InChI=1S/C13H16FNO3/c1-16-12-8(9-4-2-3-5-15-9)6-10-13(11(12)14)18-7-17-10/h6,9,15H,2-5,7H2,1H3. The second-order valence-corrected chi connectivity index (χ2v) is 4.55. The molecule has 2 aliphatic heterocycles. The molecule has 18 heavy (non-hydrogen) atoms. The molecule has 1 aromatic rings. The number of hydrogen-bond donors (Lipinski definition) is 1. The van der Waals surface area contributed by atoms with Crippen molar-refractivity contribution in [3.63, 3.8) is 0 Å². The fourth-order valence-corrected chi connectivity index (χ4v) is 2.59. The van der Waals surface area contributed by atoms with Crippen LogP contribution in [0.2, 0.25) is 0 Å². The van der Waals surface area contributed by atoms with Crippen molar-refractivity contribution in [3.05, 3.63) is 17.4 Å². The van der Waals surface area contributed by atoms with Crippen LogP contribution in [-0.4, -0.2) is 20.4 Å². The van der Waals surface area contributed by atoms with Crippen LogP contribution < -0.4 is 19.5 Å². The third kappa shape index (κ3) is 1.79. The van der Waals surface area contributed by atoms with Crippen molar-refractivity contribution in [2.24, 2.45) is 0 Å². The van der Waals surface area contributed by atoms with E-state index in [1.807, 2.05) is 6.07 Å². The highest BCUT2D eigenvalue weighted by atomic mass is 19.1. The third-order valence-corrected chi connectivity index (χ3v) is 3.48. The van der Waals surface area contributed by atoms with Crippen LogP contribution in [0.15, 0.2) is 6.07 Å². The number of hydrogen-bond acceptors (Lipinski definition) is 4. The van der Waals surface area contributed by atoms with Gasteiger partial charge in [-0.2, -0.15) is 4.39 Å². The summed E-state index contributed by atoms with van der Waals surface area (Å²) in [5.41, 5.74) is 0.818. The second-order valence-electron chi connectivity index (χ2n) is 4.55. The van der Waals surface area contributed by atoms with Crippen LogP contribution in [0.5, 0.6) is 17.2 Å². The van der Waals surface area contributed by atoms with Gasteiger partial charge in [0.2, 0.25) is 18.4 Å². The van der Waals surface area contributed by atoms with Gasteiger partial charge in [-0.3, -0.25) is 0 Å². The summed E-state index contributed by atoms with van der Waals surface area (Å²) in [4.78, 5) is 0. The van der Waals surface area contributed by atoms with Crippen LogP contribution >= 0.6 is 0 Å². The van der Waals surface area contributed by atoms with Gasteiger partial charge in [0.15, 0.2) is 11.5 Å². The molecule has 1 saturated heterocycles. The van der Waals surface area contributed by atoms with Gasteiger partial charge in [-0.1, -0.05) is 6.42 Å². The topological polar surface area (TPSA) is 39.7 Å². The van der Waals surface area contributed by atoms with Gasteiger partial charge in [-0.05, 0) is 25.5 Å². The first-order chi connectivity index (χ1) is 8.81. The monoisotopic (exact) mass is 253 g/mol. The molecule has 1 atom stereocenters. The molecule has 2 heterocycles. The minimum absolute atomic E-state index is 0.0664. The maximum absolute atomic E-state index is 14.2. The van der Waals surface area contributed by atoms with Crippen molar-refractivity contribution in [2.45, 2.75) is 25.3 Å². The molecule has 1 unspecified atom stereocenters.